The van der Waals surface area contributed by atoms with Crippen LogP contribution in [0.3, 0.4) is 0 Å². The fraction of sp³-hybridized carbons (Fsp3) is 0.282. The van der Waals surface area contributed by atoms with E-state index in [1.807, 2.05) is 66.0 Å². The number of imidazole rings is 1. The zero-order valence-corrected chi connectivity index (χ0v) is 27.5. The maximum Gasteiger partial charge on any atom is 0.326 e. The molecular weight excluding hydrogens is 598 g/mol. The Balaban J connectivity index is 1.12. The number of carbonyl (C=O) groups excluding carboxylic acids is 1. The number of nitrogens with one attached hydrogen (secondary N) is 2. The van der Waals surface area contributed by atoms with Crippen LogP contribution < -0.4 is 11.0 Å². The number of aromatic nitrogens is 4. The van der Waals surface area contributed by atoms with Gasteiger partial charge >= 0.3 is 5.69 Å². The molecule has 3 heterocycles. The van der Waals surface area contributed by atoms with Crippen molar-refractivity contribution in [2.45, 2.75) is 38.3 Å². The SMILES string of the molecule is CN(C)CC(=O)Nc1ccc2nc(C3=CC=CCC=C3)c(-c3ccc(CN4CCCC(n5c(=O)[nH]c6ccccc65)CC4)cc3)nc2c1. The third-order valence-corrected chi connectivity index (χ3v) is 9.08. The number of nitrogens with zero attached hydrogens (tertiary/aromatic N) is 5. The van der Waals surface area contributed by atoms with Gasteiger partial charge in [-0.15, -0.1) is 0 Å². The van der Waals surface area contributed by atoms with E-state index in [0.29, 0.717) is 12.2 Å². The minimum Gasteiger partial charge on any atom is -0.325 e. The lowest BCUT2D eigenvalue weighted by Crippen LogP contribution is -2.27. The molecule has 2 aromatic heterocycles. The van der Waals surface area contributed by atoms with Crippen LogP contribution in [0.1, 0.15) is 43.0 Å². The zero-order chi connectivity index (χ0) is 33.0. The lowest BCUT2D eigenvalue weighted by atomic mass is 10.0. The summed E-state index contributed by atoms with van der Waals surface area (Å²) in [5.41, 5.74) is 8.93. The number of hydrogen-bond donors (Lipinski definition) is 2. The molecule has 2 N–H and O–H groups in total. The van der Waals surface area contributed by atoms with E-state index in [0.717, 1.165) is 89.9 Å². The quantitative estimate of drug-likeness (QED) is 0.199. The standard InChI is InChI=1S/C39H41N7O2/c1-44(2)26-36(47)40-30-19-20-32-34(24-30)42-38(37(41-32)28-10-5-3-4-6-11-28)29-17-15-27(16-18-29)25-45-22-9-12-31(21-23-45)46-35-14-8-7-13-33(35)43-39(46)48/h3,5-8,10-11,13-20,24,31H,4,9,12,21-23,25-26H2,1-2H3,(H,40,47)(H,43,48). The highest BCUT2D eigenvalue weighted by atomic mass is 16.2. The minimum atomic E-state index is -0.0768. The summed E-state index contributed by atoms with van der Waals surface area (Å²) in [6.45, 7) is 3.08. The lowest BCUT2D eigenvalue weighted by Gasteiger charge is -2.21. The molecule has 1 saturated heterocycles. The lowest BCUT2D eigenvalue weighted by molar-refractivity contribution is -0.116. The van der Waals surface area contributed by atoms with Gasteiger partial charge in [0.05, 0.1) is 40.0 Å². The number of rotatable bonds is 8. The summed E-state index contributed by atoms with van der Waals surface area (Å²) in [5.74, 6) is -0.0768. The average Bonchev–Trinajstić information content (AvgIpc) is 3.27. The van der Waals surface area contributed by atoms with Crippen LogP contribution in [0.15, 0.2) is 102 Å². The normalized spacial score (nSPS) is 17.1. The Hall–Kier alpha value is -5.12. The van der Waals surface area contributed by atoms with Crippen molar-refractivity contribution in [3.8, 4) is 11.3 Å². The van der Waals surface area contributed by atoms with Crippen molar-refractivity contribution in [3.63, 3.8) is 0 Å². The predicted octanol–water partition coefficient (Wildman–Crippen LogP) is 6.57. The summed E-state index contributed by atoms with van der Waals surface area (Å²) in [6.07, 6.45) is 14.4. The van der Waals surface area contributed by atoms with E-state index in [9.17, 15) is 9.59 Å². The highest BCUT2D eigenvalue weighted by Crippen LogP contribution is 2.32. The molecule has 0 saturated carbocycles. The van der Waals surface area contributed by atoms with Crippen molar-refractivity contribution in [3.05, 3.63) is 119 Å². The number of para-hydroxylation sites is 2. The van der Waals surface area contributed by atoms with Crippen molar-refractivity contribution < 1.29 is 4.79 Å². The molecule has 1 unspecified atom stereocenters. The summed E-state index contributed by atoms with van der Waals surface area (Å²) in [5, 5.41) is 2.98. The maximum absolute atomic E-state index is 12.8. The fourth-order valence-corrected chi connectivity index (χ4v) is 6.78. The predicted molar refractivity (Wildman–Crippen MR) is 194 cm³/mol. The van der Waals surface area contributed by atoms with Crippen LogP contribution in [-0.2, 0) is 11.3 Å². The summed E-state index contributed by atoms with van der Waals surface area (Å²) in [6, 6.07) is 22.5. The molecule has 2 aliphatic rings. The molecule has 9 nitrogen and oxygen atoms in total. The monoisotopic (exact) mass is 639 g/mol. The van der Waals surface area contributed by atoms with Crippen molar-refractivity contribution in [2.75, 3.05) is 39.0 Å². The van der Waals surface area contributed by atoms with E-state index in [1.54, 1.807) is 0 Å². The van der Waals surface area contributed by atoms with E-state index in [2.05, 4.69) is 69.8 Å². The van der Waals surface area contributed by atoms with Crippen LogP contribution in [-0.4, -0.2) is 69.0 Å². The number of likely N-dealkylation sites (N-methyl/N-ethyl adjacent to an activating group) is 1. The van der Waals surface area contributed by atoms with Gasteiger partial charge in [-0.25, -0.2) is 14.8 Å². The molecule has 0 bridgehead atoms. The highest BCUT2D eigenvalue weighted by molar-refractivity contribution is 5.95. The fourth-order valence-electron chi connectivity index (χ4n) is 6.78. The largest absolute Gasteiger partial charge is 0.326 e. The maximum atomic E-state index is 12.8. The Kier molecular flexibility index (Phi) is 9.14. The molecule has 0 spiro atoms. The first-order valence-electron chi connectivity index (χ1n) is 16.7. The Bertz CT molecular complexity index is 2100. The van der Waals surface area contributed by atoms with Crippen LogP contribution in [0.25, 0.3) is 38.9 Å². The first-order chi connectivity index (χ1) is 23.4. The molecule has 1 aliphatic heterocycles. The van der Waals surface area contributed by atoms with Crippen molar-refractivity contribution >= 4 is 39.2 Å². The van der Waals surface area contributed by atoms with Gasteiger partial charge in [-0.2, -0.15) is 0 Å². The van der Waals surface area contributed by atoms with Crippen LogP contribution >= 0.6 is 0 Å². The smallest absolute Gasteiger partial charge is 0.325 e. The van der Waals surface area contributed by atoms with Crippen molar-refractivity contribution in [2.24, 2.45) is 0 Å². The first-order valence-corrected chi connectivity index (χ1v) is 16.7. The van der Waals surface area contributed by atoms with E-state index >= 15 is 0 Å². The van der Waals surface area contributed by atoms with E-state index in [1.165, 1.54) is 5.56 Å². The number of likely N-dealkylation sites (tertiary alicyclic amines) is 1. The summed E-state index contributed by atoms with van der Waals surface area (Å²) in [4.78, 5) is 42.9. The Labute approximate surface area is 280 Å². The third kappa shape index (κ3) is 6.93. The van der Waals surface area contributed by atoms with Gasteiger partial charge in [0, 0.05) is 36.0 Å². The first kappa shape index (κ1) is 31.5. The molecule has 7 rings (SSSR count). The Morgan fingerprint density at radius 3 is 2.65 bits per heavy atom. The summed E-state index contributed by atoms with van der Waals surface area (Å²) < 4.78 is 1.96. The number of benzene rings is 3. The minimum absolute atomic E-state index is 0.0159. The second kappa shape index (κ2) is 13.9. The van der Waals surface area contributed by atoms with E-state index < -0.39 is 0 Å². The molecular formula is C39H41N7O2. The van der Waals surface area contributed by atoms with Crippen molar-refractivity contribution in [1.29, 1.82) is 0 Å². The molecule has 0 radical (unpaired) electrons. The molecule has 9 heteroatoms. The summed E-state index contributed by atoms with van der Waals surface area (Å²) >= 11 is 0. The molecule has 3 aromatic carbocycles. The molecule has 244 valence electrons. The number of anilines is 1. The average molecular weight is 640 g/mol. The number of allylic oxidation sites excluding steroid dienone is 6. The van der Waals surface area contributed by atoms with Crippen LogP contribution in [0, 0.1) is 0 Å². The van der Waals surface area contributed by atoms with E-state index in [4.69, 9.17) is 9.97 Å². The van der Waals surface area contributed by atoms with Gasteiger partial charge in [0.15, 0.2) is 0 Å². The second-order valence-electron chi connectivity index (χ2n) is 13.0. The van der Waals surface area contributed by atoms with Crippen LogP contribution in [0.4, 0.5) is 5.69 Å². The van der Waals surface area contributed by atoms with Gasteiger partial charge < -0.3 is 15.2 Å². The number of hydrogen-bond acceptors (Lipinski definition) is 6. The van der Waals surface area contributed by atoms with Gasteiger partial charge in [0.1, 0.15) is 0 Å². The molecule has 1 aliphatic carbocycles. The van der Waals surface area contributed by atoms with Gasteiger partial charge in [-0.05, 0) is 82.2 Å². The van der Waals surface area contributed by atoms with Gasteiger partial charge in [-0.1, -0.05) is 66.8 Å². The molecule has 5 aromatic rings. The molecule has 1 fully saturated rings. The van der Waals surface area contributed by atoms with Gasteiger partial charge in [-0.3, -0.25) is 14.3 Å². The summed E-state index contributed by atoms with van der Waals surface area (Å²) in [7, 11) is 3.74. The van der Waals surface area contributed by atoms with Crippen LogP contribution in [0.2, 0.25) is 0 Å². The number of H-pyrrole nitrogens is 1. The molecule has 1 atom stereocenters. The third-order valence-electron chi connectivity index (χ3n) is 9.08. The number of carbonyl (C=O) groups is 1. The Morgan fingerprint density at radius 1 is 0.958 bits per heavy atom. The topological polar surface area (TPSA) is 99.1 Å². The van der Waals surface area contributed by atoms with E-state index in [-0.39, 0.29) is 17.6 Å². The van der Waals surface area contributed by atoms with Crippen LogP contribution in [0.5, 0.6) is 0 Å². The Morgan fingerprint density at radius 2 is 1.79 bits per heavy atom. The number of aromatic amines is 1. The highest BCUT2D eigenvalue weighted by Gasteiger charge is 2.22. The van der Waals surface area contributed by atoms with Gasteiger partial charge in [0.25, 0.3) is 0 Å². The zero-order valence-electron chi connectivity index (χ0n) is 27.5. The molecule has 1 amide bonds. The number of amides is 1. The van der Waals surface area contributed by atoms with Crippen molar-refractivity contribution in [1.82, 2.24) is 29.3 Å². The van der Waals surface area contributed by atoms with Gasteiger partial charge in [0.2, 0.25) is 5.91 Å². The molecule has 48 heavy (non-hydrogen) atoms. The number of fused-ring (bicyclic) bond motifs is 2. The second-order valence-corrected chi connectivity index (χ2v) is 13.0.